The predicted octanol–water partition coefficient (Wildman–Crippen LogP) is 1.94. The van der Waals surface area contributed by atoms with Crippen molar-refractivity contribution < 1.29 is 4.74 Å². The molecule has 0 radical (unpaired) electrons. The summed E-state index contributed by atoms with van der Waals surface area (Å²) in [6.07, 6.45) is 1.02. The molecule has 0 fully saturated rings. The number of hydrogen-bond donors (Lipinski definition) is 0. The van der Waals surface area contributed by atoms with Gasteiger partial charge in [-0.2, -0.15) is 0 Å². The van der Waals surface area contributed by atoms with Gasteiger partial charge in [-0.15, -0.1) is 0 Å². The van der Waals surface area contributed by atoms with Crippen LogP contribution in [0.2, 0.25) is 0 Å². The third-order valence-corrected chi connectivity index (χ3v) is 1.98. The van der Waals surface area contributed by atoms with Gasteiger partial charge in [0.2, 0.25) is 0 Å². The molecule has 0 aromatic carbocycles. The number of allylic oxidation sites excluding steroid dienone is 2. The van der Waals surface area contributed by atoms with Gasteiger partial charge in [-0.05, 0) is 13.8 Å². The molecule has 2 nitrogen and oxygen atoms in total. The highest BCUT2D eigenvalue weighted by Gasteiger charge is 2.16. The molecular weight excluding hydrogens is 126 g/mol. The van der Waals surface area contributed by atoms with Gasteiger partial charge in [-0.1, -0.05) is 6.92 Å². The Balaban J connectivity index is 2.63. The van der Waals surface area contributed by atoms with Gasteiger partial charge in [0.25, 0.3) is 0 Å². The number of rotatable bonds is 2. The summed E-state index contributed by atoms with van der Waals surface area (Å²) in [7, 11) is 0. The van der Waals surface area contributed by atoms with Gasteiger partial charge < -0.3 is 9.64 Å². The zero-order valence-corrected chi connectivity index (χ0v) is 6.98. The topological polar surface area (TPSA) is 12.5 Å². The lowest BCUT2D eigenvalue weighted by molar-refractivity contribution is 0.150. The van der Waals surface area contributed by atoms with Crippen LogP contribution in [0.4, 0.5) is 0 Å². The molecule has 0 aliphatic carbocycles. The van der Waals surface area contributed by atoms with E-state index in [-0.39, 0.29) is 0 Å². The van der Waals surface area contributed by atoms with Crippen molar-refractivity contribution in [3.05, 3.63) is 11.5 Å². The third kappa shape index (κ3) is 1.11. The Labute approximate surface area is 62.5 Å². The second kappa shape index (κ2) is 2.95. The molecule has 0 aromatic heterocycles. The standard InChI is InChI=1S/C8H15NO/c1-4-8-7(3)9(5-2)6-10-8/h4-6H2,1-3H3. The van der Waals surface area contributed by atoms with Crippen LogP contribution in [0.1, 0.15) is 27.2 Å². The highest BCUT2D eigenvalue weighted by atomic mass is 16.5. The second-order valence-electron chi connectivity index (χ2n) is 2.49. The van der Waals surface area contributed by atoms with Crippen LogP contribution in [-0.2, 0) is 4.74 Å². The van der Waals surface area contributed by atoms with E-state index in [4.69, 9.17) is 4.74 Å². The van der Waals surface area contributed by atoms with E-state index in [0.717, 1.165) is 25.5 Å². The Kier molecular flexibility index (Phi) is 2.20. The maximum atomic E-state index is 5.42. The van der Waals surface area contributed by atoms with Gasteiger partial charge in [0.15, 0.2) is 6.73 Å². The zero-order valence-electron chi connectivity index (χ0n) is 6.98. The van der Waals surface area contributed by atoms with Gasteiger partial charge >= 0.3 is 0 Å². The van der Waals surface area contributed by atoms with Crippen LogP contribution in [0.5, 0.6) is 0 Å². The smallest absolute Gasteiger partial charge is 0.160 e. The minimum Gasteiger partial charge on any atom is -0.476 e. The van der Waals surface area contributed by atoms with E-state index < -0.39 is 0 Å². The van der Waals surface area contributed by atoms with Gasteiger partial charge in [0.1, 0.15) is 5.76 Å². The van der Waals surface area contributed by atoms with Crippen molar-refractivity contribution in [1.29, 1.82) is 0 Å². The van der Waals surface area contributed by atoms with Crippen LogP contribution in [-0.4, -0.2) is 18.2 Å². The third-order valence-electron chi connectivity index (χ3n) is 1.98. The second-order valence-corrected chi connectivity index (χ2v) is 2.49. The first kappa shape index (κ1) is 7.45. The van der Waals surface area contributed by atoms with Crippen molar-refractivity contribution in [2.75, 3.05) is 13.3 Å². The van der Waals surface area contributed by atoms with Crippen LogP contribution in [0, 0.1) is 0 Å². The summed E-state index contributed by atoms with van der Waals surface area (Å²) in [6, 6.07) is 0. The van der Waals surface area contributed by atoms with Gasteiger partial charge in [-0.3, -0.25) is 0 Å². The fraction of sp³-hybridized carbons (Fsp3) is 0.750. The Morgan fingerprint density at radius 1 is 1.50 bits per heavy atom. The molecule has 0 bridgehead atoms. The molecule has 1 rings (SSSR count). The molecule has 0 atom stereocenters. The monoisotopic (exact) mass is 141 g/mol. The van der Waals surface area contributed by atoms with E-state index in [9.17, 15) is 0 Å². The SMILES string of the molecule is CCC1=C(C)N(CC)CO1. The van der Waals surface area contributed by atoms with E-state index in [1.807, 2.05) is 0 Å². The molecule has 1 aliphatic rings. The van der Waals surface area contributed by atoms with Crippen molar-refractivity contribution in [3.8, 4) is 0 Å². The van der Waals surface area contributed by atoms with Crippen LogP contribution in [0.15, 0.2) is 11.5 Å². The Bertz CT molecular complexity index is 151. The molecule has 1 aliphatic heterocycles. The zero-order chi connectivity index (χ0) is 7.56. The molecule has 1 heterocycles. The predicted molar refractivity (Wildman–Crippen MR) is 41.3 cm³/mol. The van der Waals surface area contributed by atoms with Crippen molar-refractivity contribution in [2.45, 2.75) is 27.2 Å². The maximum Gasteiger partial charge on any atom is 0.160 e. The summed E-state index contributed by atoms with van der Waals surface area (Å²) < 4.78 is 5.42. The molecule has 0 saturated carbocycles. The summed E-state index contributed by atoms with van der Waals surface area (Å²) >= 11 is 0. The van der Waals surface area contributed by atoms with Crippen LogP contribution >= 0.6 is 0 Å². The Hall–Kier alpha value is -0.660. The summed E-state index contributed by atoms with van der Waals surface area (Å²) in [5, 5.41) is 0. The molecule has 0 aromatic rings. The Morgan fingerprint density at radius 3 is 2.50 bits per heavy atom. The first-order valence-electron chi connectivity index (χ1n) is 3.87. The average Bonchev–Trinajstić information content (AvgIpc) is 2.30. The van der Waals surface area contributed by atoms with Crippen molar-refractivity contribution in [2.24, 2.45) is 0 Å². The van der Waals surface area contributed by atoms with E-state index >= 15 is 0 Å². The van der Waals surface area contributed by atoms with Crippen LogP contribution in [0.25, 0.3) is 0 Å². The molecule has 0 unspecified atom stereocenters. The number of hydrogen-bond acceptors (Lipinski definition) is 2. The first-order chi connectivity index (χ1) is 4.79. The van der Waals surface area contributed by atoms with Crippen LogP contribution < -0.4 is 0 Å². The molecule has 0 saturated heterocycles. The van der Waals surface area contributed by atoms with E-state index in [1.54, 1.807) is 0 Å². The van der Waals surface area contributed by atoms with Crippen molar-refractivity contribution in [3.63, 3.8) is 0 Å². The quantitative estimate of drug-likeness (QED) is 0.582. The lowest BCUT2D eigenvalue weighted by Gasteiger charge is -2.13. The van der Waals surface area contributed by atoms with Gasteiger partial charge in [0.05, 0.1) is 5.70 Å². The lowest BCUT2D eigenvalue weighted by Crippen LogP contribution is -2.17. The molecule has 0 spiro atoms. The number of ether oxygens (including phenoxy) is 1. The van der Waals surface area contributed by atoms with Gasteiger partial charge in [-0.25, -0.2) is 0 Å². The minimum atomic E-state index is 0.755. The highest BCUT2D eigenvalue weighted by Crippen LogP contribution is 2.20. The van der Waals surface area contributed by atoms with E-state index in [2.05, 4.69) is 25.7 Å². The minimum absolute atomic E-state index is 0.755. The fourth-order valence-electron chi connectivity index (χ4n) is 1.22. The average molecular weight is 141 g/mol. The first-order valence-corrected chi connectivity index (χ1v) is 3.87. The van der Waals surface area contributed by atoms with Crippen molar-refractivity contribution >= 4 is 0 Å². The van der Waals surface area contributed by atoms with Gasteiger partial charge in [0, 0.05) is 13.0 Å². The molecular formula is C8H15NO. The highest BCUT2D eigenvalue weighted by molar-refractivity contribution is 5.07. The van der Waals surface area contributed by atoms with Crippen molar-refractivity contribution in [1.82, 2.24) is 4.90 Å². The summed E-state index contributed by atoms with van der Waals surface area (Å²) in [4.78, 5) is 2.23. The largest absolute Gasteiger partial charge is 0.476 e. The number of nitrogens with zero attached hydrogens (tertiary/aromatic N) is 1. The van der Waals surface area contributed by atoms with E-state index in [1.165, 1.54) is 5.70 Å². The normalized spacial score (nSPS) is 18.1. The maximum absolute atomic E-state index is 5.42. The molecule has 58 valence electrons. The summed E-state index contributed by atoms with van der Waals surface area (Å²) in [6.45, 7) is 8.19. The molecule has 0 amide bonds. The van der Waals surface area contributed by atoms with E-state index in [0.29, 0.717) is 0 Å². The fourth-order valence-corrected chi connectivity index (χ4v) is 1.22. The summed E-state index contributed by atoms with van der Waals surface area (Å²) in [5.41, 5.74) is 1.31. The summed E-state index contributed by atoms with van der Waals surface area (Å²) in [5.74, 6) is 1.15. The van der Waals surface area contributed by atoms with Crippen LogP contribution in [0.3, 0.4) is 0 Å². The lowest BCUT2D eigenvalue weighted by atomic mass is 10.3. The molecule has 2 heteroatoms. The molecule has 10 heavy (non-hydrogen) atoms. The Morgan fingerprint density at radius 2 is 2.20 bits per heavy atom. The molecule has 0 N–H and O–H groups in total.